The molecule has 2 aromatic rings. The van der Waals surface area contributed by atoms with Crippen LogP contribution >= 0.6 is 46.2 Å². The van der Waals surface area contributed by atoms with Crippen molar-refractivity contribution >= 4 is 74.9 Å². The Morgan fingerprint density at radius 3 is 2.60 bits per heavy atom. The van der Waals surface area contributed by atoms with Crippen LogP contribution in [0.2, 0.25) is 4.34 Å². The molecular weight excluding hydrogens is 559 g/mol. The topological polar surface area (TPSA) is 184 Å². The molecule has 2 aliphatic heterocycles. The van der Waals surface area contributed by atoms with Crippen molar-refractivity contribution in [2.24, 2.45) is 5.16 Å². The summed E-state index contributed by atoms with van der Waals surface area (Å²) in [5, 5.41) is 24.2. The van der Waals surface area contributed by atoms with Gasteiger partial charge in [0.25, 0.3) is 11.8 Å². The molecule has 0 aromatic carbocycles. The third-order valence-corrected chi connectivity index (χ3v) is 7.87. The predicted octanol–water partition coefficient (Wildman–Crippen LogP) is 2.01. The number of thioether (sulfide) groups is 1. The number of rotatable bonds is 6. The molecule has 2 atom stereocenters. The lowest BCUT2D eigenvalue weighted by Crippen LogP contribution is -2.72. The molecule has 0 radical (unpaired) electrons. The van der Waals surface area contributed by atoms with Gasteiger partial charge in [-0.25, -0.2) is 14.8 Å². The number of hydrogen-bond acceptors (Lipinski definition) is 12. The number of nitrogens with zero attached hydrogens (tertiary/aromatic N) is 5. The first-order valence-corrected chi connectivity index (χ1v) is 12.0. The number of oxime groups is 1. The van der Waals surface area contributed by atoms with Gasteiger partial charge in [-0.2, -0.15) is 17.5 Å². The van der Waals surface area contributed by atoms with Gasteiger partial charge in [0.2, 0.25) is 5.82 Å². The number of nitrogens with two attached hydrogens (primary N) is 1. The van der Waals surface area contributed by atoms with Crippen LogP contribution in [0.15, 0.2) is 20.1 Å². The lowest BCUT2D eigenvalue weighted by atomic mass is 9.86. The van der Waals surface area contributed by atoms with Crippen LogP contribution in [0.5, 0.6) is 0 Å². The van der Waals surface area contributed by atoms with Crippen molar-refractivity contribution in [3.8, 4) is 0 Å². The van der Waals surface area contributed by atoms with Crippen molar-refractivity contribution < 1.29 is 37.9 Å². The maximum atomic E-state index is 12.8. The molecule has 4 heterocycles. The number of halogens is 4. The van der Waals surface area contributed by atoms with Crippen LogP contribution in [0, 0.1) is 0 Å². The molecule has 1 saturated heterocycles. The number of carbonyl (C=O) groups excluding carboxylic acids is 2. The van der Waals surface area contributed by atoms with E-state index in [-0.39, 0.29) is 37.2 Å². The number of carboxylic acid groups (broad SMARTS) is 1. The number of carboxylic acids is 1. The smallest absolute Gasteiger partial charge is 0.452 e. The molecule has 19 heteroatoms. The lowest BCUT2D eigenvalue weighted by Gasteiger charge is -2.49. The molecule has 2 aliphatic rings. The van der Waals surface area contributed by atoms with Crippen molar-refractivity contribution in [2.45, 2.75) is 35.4 Å². The fraction of sp³-hybridized carbons (Fsp3) is 0.312. The summed E-state index contributed by atoms with van der Waals surface area (Å²) in [4.78, 5) is 45.5. The van der Waals surface area contributed by atoms with Crippen LogP contribution in [-0.4, -0.2) is 65.1 Å². The number of anilines is 1. The summed E-state index contributed by atoms with van der Waals surface area (Å²) in [7, 11) is 0. The molecular formula is C16H11ClF3N7O5S3. The van der Waals surface area contributed by atoms with Gasteiger partial charge in [0.15, 0.2) is 15.2 Å². The summed E-state index contributed by atoms with van der Waals surface area (Å²) < 4.78 is 41.3. The number of aromatic nitrogens is 3. The fourth-order valence-corrected chi connectivity index (χ4v) is 6.24. The second kappa shape index (κ2) is 9.25. The van der Waals surface area contributed by atoms with Crippen molar-refractivity contribution in [3.05, 3.63) is 26.5 Å². The zero-order valence-corrected chi connectivity index (χ0v) is 19.9. The summed E-state index contributed by atoms with van der Waals surface area (Å²) in [5.74, 6) is -4.58. The number of allylic oxidation sites excluding steroid dienone is 1. The standard InChI is InChI=1S/C16H11ClF3N7O5S3/c17-9-6(23-14(21)34-9)7(25-32)10(28)22-5-3-1-2-4(8(12(30)31)27(3)11(5)29)33-15-24-13(26-35-15)16(18,19)20/h3,5,32H,1-2H2,(H2,21,23)(H,22,28)(H,30,31)/b25-7-. The highest BCUT2D eigenvalue weighted by Crippen LogP contribution is 2.44. The van der Waals surface area contributed by atoms with Gasteiger partial charge in [0, 0.05) is 4.91 Å². The second-order valence-electron chi connectivity index (χ2n) is 6.95. The van der Waals surface area contributed by atoms with Gasteiger partial charge in [0.05, 0.1) is 6.04 Å². The fourth-order valence-electron chi connectivity index (χ4n) is 3.47. The maximum Gasteiger partial charge on any atom is 0.452 e. The van der Waals surface area contributed by atoms with Crippen molar-refractivity contribution in [1.29, 1.82) is 0 Å². The second-order valence-corrected chi connectivity index (χ2v) is 10.7. The van der Waals surface area contributed by atoms with E-state index in [0.717, 1.165) is 16.2 Å². The number of thiazole rings is 1. The number of nitrogens with one attached hydrogen (secondary N) is 1. The molecule has 2 aromatic heterocycles. The average molecular weight is 570 g/mol. The van der Waals surface area contributed by atoms with E-state index < -0.39 is 53.3 Å². The van der Waals surface area contributed by atoms with Crippen molar-refractivity contribution in [3.63, 3.8) is 0 Å². The molecule has 0 bridgehead atoms. The van der Waals surface area contributed by atoms with E-state index in [2.05, 4.69) is 24.8 Å². The lowest BCUT2D eigenvalue weighted by molar-refractivity contribution is -0.155. The quantitative estimate of drug-likeness (QED) is 0.174. The molecule has 2 unspecified atom stereocenters. The number of β-lactam (4-membered cyclic amide) rings is 1. The van der Waals surface area contributed by atoms with Crippen molar-refractivity contribution in [1.82, 2.24) is 24.6 Å². The molecule has 1 fully saturated rings. The van der Waals surface area contributed by atoms with Crippen LogP contribution in [-0.2, 0) is 20.6 Å². The first-order valence-electron chi connectivity index (χ1n) is 9.25. The number of alkyl halides is 3. The average Bonchev–Trinajstić information content (AvgIpc) is 3.38. The minimum Gasteiger partial charge on any atom is -0.477 e. The Kier molecular flexibility index (Phi) is 6.64. The monoisotopic (exact) mass is 569 g/mol. The number of carbonyl (C=O) groups is 3. The summed E-state index contributed by atoms with van der Waals surface area (Å²) in [5.41, 5.74) is 4.32. The molecule has 0 aliphatic carbocycles. The largest absolute Gasteiger partial charge is 0.477 e. The van der Waals surface area contributed by atoms with Gasteiger partial charge < -0.3 is 21.4 Å². The minimum absolute atomic E-state index is 0.0103. The normalized spacial score (nSPS) is 20.5. The number of fused-ring (bicyclic) bond motifs is 1. The SMILES string of the molecule is Nc1nc(/C(=N/O)C(=O)NC2C(=O)N3C(C(=O)O)=C(Sc4nc(C(F)(F)F)ns4)CCC23)c(Cl)s1. The van der Waals surface area contributed by atoms with Crippen LogP contribution in [0.1, 0.15) is 24.4 Å². The van der Waals surface area contributed by atoms with E-state index in [1.807, 2.05) is 0 Å². The van der Waals surface area contributed by atoms with E-state index in [1.54, 1.807) is 0 Å². The Morgan fingerprint density at radius 1 is 1.34 bits per heavy atom. The summed E-state index contributed by atoms with van der Waals surface area (Å²) in [6.07, 6.45) is -4.47. The van der Waals surface area contributed by atoms with Gasteiger partial charge in [-0.1, -0.05) is 39.9 Å². The maximum absolute atomic E-state index is 12.8. The van der Waals surface area contributed by atoms with E-state index in [9.17, 15) is 37.9 Å². The van der Waals surface area contributed by atoms with Gasteiger partial charge in [-0.3, -0.25) is 14.5 Å². The van der Waals surface area contributed by atoms with Crippen LogP contribution in [0.25, 0.3) is 0 Å². The molecule has 0 saturated carbocycles. The highest BCUT2D eigenvalue weighted by molar-refractivity contribution is 8.04. The molecule has 0 spiro atoms. The zero-order valence-electron chi connectivity index (χ0n) is 16.7. The van der Waals surface area contributed by atoms with E-state index >= 15 is 0 Å². The van der Waals surface area contributed by atoms with Crippen LogP contribution < -0.4 is 11.1 Å². The molecule has 12 nitrogen and oxygen atoms in total. The van der Waals surface area contributed by atoms with Crippen molar-refractivity contribution in [2.75, 3.05) is 5.73 Å². The predicted molar refractivity (Wildman–Crippen MR) is 117 cm³/mol. The Bertz CT molecular complexity index is 1290. The molecule has 4 rings (SSSR count). The number of hydrogen-bond donors (Lipinski definition) is 4. The summed E-state index contributed by atoms with van der Waals surface area (Å²) in [6.45, 7) is 0. The highest BCUT2D eigenvalue weighted by atomic mass is 35.5. The number of aliphatic carboxylic acids is 1. The summed E-state index contributed by atoms with van der Waals surface area (Å²) in [6, 6.07) is -1.90. The Balaban J connectivity index is 1.52. The summed E-state index contributed by atoms with van der Waals surface area (Å²) >= 11 is 7.90. The first-order chi connectivity index (χ1) is 16.4. The van der Waals surface area contributed by atoms with Gasteiger partial charge in [0.1, 0.15) is 21.8 Å². The molecule has 35 heavy (non-hydrogen) atoms. The van der Waals surface area contributed by atoms with Crippen LogP contribution in [0.3, 0.4) is 0 Å². The van der Waals surface area contributed by atoms with Gasteiger partial charge in [-0.15, -0.1) is 0 Å². The van der Waals surface area contributed by atoms with Gasteiger partial charge in [-0.05, 0) is 24.4 Å². The van der Waals surface area contributed by atoms with E-state index in [4.69, 9.17) is 17.3 Å². The Morgan fingerprint density at radius 2 is 2.06 bits per heavy atom. The number of amides is 2. The Hall–Kier alpha value is -2.96. The van der Waals surface area contributed by atoms with Crippen LogP contribution in [0.4, 0.5) is 18.3 Å². The third kappa shape index (κ3) is 4.65. The zero-order chi connectivity index (χ0) is 25.7. The Labute approximate surface area is 209 Å². The first kappa shape index (κ1) is 25.1. The van der Waals surface area contributed by atoms with Gasteiger partial charge >= 0.3 is 12.1 Å². The third-order valence-electron chi connectivity index (χ3n) is 4.89. The highest BCUT2D eigenvalue weighted by Gasteiger charge is 2.54. The molecule has 186 valence electrons. The minimum atomic E-state index is -4.75. The molecule has 5 N–H and O–H groups in total. The van der Waals surface area contributed by atoms with E-state index in [1.165, 1.54) is 0 Å². The molecule has 2 amide bonds. The number of nitrogen functional groups attached to an aromatic ring is 1. The van der Waals surface area contributed by atoms with E-state index in [0.29, 0.717) is 23.3 Å².